The monoisotopic (exact) mass is 369 g/mol. The van der Waals surface area contributed by atoms with Crippen LogP contribution in [0.15, 0.2) is 30.5 Å². The standard InChI is InChI=1S/C21H27N3O3/c1-27-14-16-10-20(25)24(13-16)12-15-5-8-23(9-6-15)21(26)18-3-2-17-4-7-22-19(17)11-18/h2-4,7,11,15-16,22H,5-6,8-10,12-14H2,1H3. The first-order chi connectivity index (χ1) is 13.1. The number of H-pyrrole nitrogens is 1. The third-order valence-corrected chi connectivity index (χ3v) is 5.88. The highest BCUT2D eigenvalue weighted by Crippen LogP contribution is 2.25. The number of ether oxygens (including phenoxy) is 1. The number of hydrogen-bond donors (Lipinski definition) is 1. The lowest BCUT2D eigenvalue weighted by molar-refractivity contribution is -0.128. The van der Waals surface area contributed by atoms with E-state index in [2.05, 4.69) is 4.98 Å². The fourth-order valence-electron chi connectivity index (χ4n) is 4.37. The molecule has 2 saturated heterocycles. The molecular weight excluding hydrogens is 342 g/mol. The number of nitrogens with one attached hydrogen (secondary N) is 1. The van der Waals surface area contributed by atoms with Crippen LogP contribution in [0.3, 0.4) is 0 Å². The molecule has 4 rings (SSSR count). The number of piperidine rings is 1. The minimum absolute atomic E-state index is 0.0994. The van der Waals surface area contributed by atoms with E-state index >= 15 is 0 Å². The predicted octanol–water partition coefficient (Wildman–Crippen LogP) is 2.52. The fourth-order valence-corrected chi connectivity index (χ4v) is 4.37. The van der Waals surface area contributed by atoms with Crippen LogP contribution >= 0.6 is 0 Å². The maximum Gasteiger partial charge on any atom is 0.253 e. The van der Waals surface area contributed by atoms with Crippen molar-refractivity contribution in [2.45, 2.75) is 19.3 Å². The van der Waals surface area contributed by atoms with Gasteiger partial charge in [0.25, 0.3) is 5.91 Å². The van der Waals surface area contributed by atoms with Gasteiger partial charge in [-0.2, -0.15) is 0 Å². The van der Waals surface area contributed by atoms with E-state index in [-0.39, 0.29) is 11.8 Å². The molecule has 0 bridgehead atoms. The van der Waals surface area contributed by atoms with E-state index in [0.29, 0.717) is 24.9 Å². The average Bonchev–Trinajstić information content (AvgIpc) is 3.28. The Morgan fingerprint density at radius 3 is 2.81 bits per heavy atom. The van der Waals surface area contributed by atoms with Gasteiger partial charge in [-0.1, -0.05) is 6.07 Å². The summed E-state index contributed by atoms with van der Waals surface area (Å²) in [5.74, 6) is 1.15. The number of hydrogen-bond acceptors (Lipinski definition) is 3. The Morgan fingerprint density at radius 1 is 1.22 bits per heavy atom. The van der Waals surface area contributed by atoms with Crippen LogP contribution in [0.4, 0.5) is 0 Å². The van der Waals surface area contributed by atoms with Gasteiger partial charge in [-0.25, -0.2) is 0 Å². The van der Waals surface area contributed by atoms with Crippen LogP contribution in [0.2, 0.25) is 0 Å². The SMILES string of the molecule is COCC1CC(=O)N(CC2CCN(C(=O)c3ccc4cc[nH]c4c3)CC2)C1. The van der Waals surface area contributed by atoms with Gasteiger partial charge in [0.1, 0.15) is 0 Å². The molecule has 0 aliphatic carbocycles. The molecule has 2 aliphatic rings. The summed E-state index contributed by atoms with van der Waals surface area (Å²) < 4.78 is 5.19. The van der Waals surface area contributed by atoms with Gasteiger partial charge in [-0.3, -0.25) is 9.59 Å². The fraction of sp³-hybridized carbons (Fsp3) is 0.524. The topological polar surface area (TPSA) is 65.6 Å². The van der Waals surface area contributed by atoms with Crippen LogP contribution in [0.25, 0.3) is 10.9 Å². The zero-order valence-corrected chi connectivity index (χ0v) is 15.8. The lowest BCUT2D eigenvalue weighted by Crippen LogP contribution is -2.42. The van der Waals surface area contributed by atoms with Crippen LogP contribution in [-0.4, -0.2) is 66.5 Å². The van der Waals surface area contributed by atoms with E-state index in [0.717, 1.165) is 55.5 Å². The van der Waals surface area contributed by atoms with E-state index in [1.807, 2.05) is 40.3 Å². The Hall–Kier alpha value is -2.34. The van der Waals surface area contributed by atoms with Crippen molar-refractivity contribution in [1.82, 2.24) is 14.8 Å². The molecule has 0 saturated carbocycles. The lowest BCUT2D eigenvalue weighted by Gasteiger charge is -2.34. The van der Waals surface area contributed by atoms with Crippen molar-refractivity contribution in [3.05, 3.63) is 36.0 Å². The van der Waals surface area contributed by atoms with Crippen molar-refractivity contribution < 1.29 is 14.3 Å². The zero-order chi connectivity index (χ0) is 18.8. The van der Waals surface area contributed by atoms with Gasteiger partial charge in [-0.15, -0.1) is 0 Å². The summed E-state index contributed by atoms with van der Waals surface area (Å²) in [6, 6.07) is 7.83. The minimum Gasteiger partial charge on any atom is -0.384 e. The van der Waals surface area contributed by atoms with Gasteiger partial charge in [0, 0.05) is 62.9 Å². The molecular formula is C21H27N3O3. The quantitative estimate of drug-likeness (QED) is 0.881. The number of methoxy groups -OCH3 is 1. The number of aromatic amines is 1. The van der Waals surface area contributed by atoms with Crippen LogP contribution in [0.5, 0.6) is 0 Å². The van der Waals surface area contributed by atoms with Crippen molar-refractivity contribution in [3.63, 3.8) is 0 Å². The minimum atomic E-state index is 0.0994. The summed E-state index contributed by atoms with van der Waals surface area (Å²) in [7, 11) is 1.69. The first-order valence-corrected chi connectivity index (χ1v) is 9.77. The van der Waals surface area contributed by atoms with E-state index in [4.69, 9.17) is 4.74 Å². The maximum absolute atomic E-state index is 12.8. The maximum atomic E-state index is 12.8. The molecule has 6 nitrogen and oxygen atoms in total. The molecule has 144 valence electrons. The molecule has 0 spiro atoms. The molecule has 2 fully saturated rings. The van der Waals surface area contributed by atoms with Crippen molar-refractivity contribution in [1.29, 1.82) is 0 Å². The number of nitrogens with zero attached hydrogens (tertiary/aromatic N) is 2. The number of amides is 2. The molecule has 1 N–H and O–H groups in total. The summed E-state index contributed by atoms with van der Waals surface area (Å²) >= 11 is 0. The molecule has 6 heteroatoms. The molecule has 2 amide bonds. The highest BCUT2D eigenvalue weighted by Gasteiger charge is 2.32. The van der Waals surface area contributed by atoms with Crippen LogP contribution in [0, 0.1) is 11.8 Å². The van der Waals surface area contributed by atoms with Crippen LogP contribution in [0.1, 0.15) is 29.6 Å². The van der Waals surface area contributed by atoms with Gasteiger partial charge in [0.2, 0.25) is 5.91 Å². The average molecular weight is 369 g/mol. The molecule has 2 aromatic rings. The second kappa shape index (κ2) is 7.72. The molecule has 27 heavy (non-hydrogen) atoms. The third kappa shape index (κ3) is 3.86. The summed E-state index contributed by atoms with van der Waals surface area (Å²) in [4.78, 5) is 32.1. The number of rotatable bonds is 5. The number of aromatic nitrogens is 1. The highest BCUT2D eigenvalue weighted by molar-refractivity contribution is 5.98. The predicted molar refractivity (Wildman–Crippen MR) is 103 cm³/mol. The van der Waals surface area contributed by atoms with Crippen molar-refractivity contribution in [3.8, 4) is 0 Å². The van der Waals surface area contributed by atoms with Gasteiger partial charge >= 0.3 is 0 Å². The number of fused-ring (bicyclic) bond motifs is 1. The largest absolute Gasteiger partial charge is 0.384 e. The second-order valence-corrected chi connectivity index (χ2v) is 7.84. The second-order valence-electron chi connectivity index (χ2n) is 7.84. The molecule has 0 radical (unpaired) electrons. The van der Waals surface area contributed by atoms with E-state index in [1.54, 1.807) is 7.11 Å². The summed E-state index contributed by atoms with van der Waals surface area (Å²) in [5, 5.41) is 1.12. The Kier molecular flexibility index (Phi) is 5.16. The Bertz CT molecular complexity index is 823. The summed E-state index contributed by atoms with van der Waals surface area (Å²) in [6.45, 7) is 3.80. The zero-order valence-electron chi connectivity index (χ0n) is 15.8. The third-order valence-electron chi connectivity index (χ3n) is 5.88. The molecule has 3 heterocycles. The Morgan fingerprint density at radius 2 is 2.04 bits per heavy atom. The molecule has 1 atom stereocenters. The van der Waals surface area contributed by atoms with Crippen molar-refractivity contribution in [2.75, 3.05) is 39.9 Å². The molecule has 1 unspecified atom stereocenters. The molecule has 1 aromatic carbocycles. The van der Waals surface area contributed by atoms with E-state index in [1.165, 1.54) is 0 Å². The van der Waals surface area contributed by atoms with Crippen LogP contribution in [-0.2, 0) is 9.53 Å². The van der Waals surface area contributed by atoms with Gasteiger partial charge in [-0.05, 0) is 42.3 Å². The summed E-state index contributed by atoms with van der Waals surface area (Å²) in [5.41, 5.74) is 1.73. The normalized spacial score (nSPS) is 21.4. The first kappa shape index (κ1) is 18.0. The van der Waals surface area contributed by atoms with E-state index < -0.39 is 0 Å². The van der Waals surface area contributed by atoms with Gasteiger partial charge in [0.05, 0.1) is 6.61 Å². The molecule has 2 aliphatic heterocycles. The van der Waals surface area contributed by atoms with Gasteiger partial charge < -0.3 is 19.5 Å². The van der Waals surface area contributed by atoms with Gasteiger partial charge in [0.15, 0.2) is 0 Å². The number of carbonyl (C=O) groups is 2. The van der Waals surface area contributed by atoms with Crippen molar-refractivity contribution in [2.24, 2.45) is 11.8 Å². The Labute approximate surface area is 159 Å². The van der Waals surface area contributed by atoms with E-state index in [9.17, 15) is 9.59 Å². The van der Waals surface area contributed by atoms with Crippen LogP contribution < -0.4 is 0 Å². The number of carbonyl (C=O) groups excluding carboxylic acids is 2. The highest BCUT2D eigenvalue weighted by atomic mass is 16.5. The Balaban J connectivity index is 1.31. The molecule has 1 aromatic heterocycles. The first-order valence-electron chi connectivity index (χ1n) is 9.77. The van der Waals surface area contributed by atoms with Crippen molar-refractivity contribution >= 4 is 22.7 Å². The number of benzene rings is 1. The number of likely N-dealkylation sites (tertiary alicyclic amines) is 2. The smallest absolute Gasteiger partial charge is 0.253 e. The lowest BCUT2D eigenvalue weighted by atomic mass is 9.95. The summed E-state index contributed by atoms with van der Waals surface area (Å²) in [6.07, 6.45) is 4.40.